The molecule has 0 bridgehead atoms. The molecule has 100 valence electrons. The van der Waals surface area contributed by atoms with E-state index in [1.54, 1.807) is 0 Å². The number of nitrogens with zero attached hydrogens (tertiary/aromatic N) is 2. The Hall–Kier alpha value is -1.12. The maximum atomic E-state index is 6.29. The first kappa shape index (κ1) is 14.3. The van der Waals surface area contributed by atoms with E-state index in [0.29, 0.717) is 21.9 Å². The van der Waals surface area contributed by atoms with Crippen LogP contribution >= 0.6 is 23.2 Å². The second-order valence-corrected chi connectivity index (χ2v) is 5.75. The van der Waals surface area contributed by atoms with Crippen molar-refractivity contribution in [1.29, 1.82) is 0 Å². The Morgan fingerprint density at radius 1 is 1.05 bits per heavy atom. The third-order valence-electron chi connectivity index (χ3n) is 3.10. The summed E-state index contributed by atoms with van der Waals surface area (Å²) in [7, 11) is 0. The van der Waals surface area contributed by atoms with Gasteiger partial charge in [0.05, 0.1) is 0 Å². The standard InChI is InChI=1S/C15H16Cl2N2/c1-8(2)13-10(4)18-15(19-14(13)17)12-6-5-11(16)7-9(12)3/h5-8H,1-4H3. The largest absolute Gasteiger partial charge is 0.233 e. The van der Waals surface area contributed by atoms with E-state index in [1.807, 2.05) is 32.0 Å². The predicted octanol–water partition coefficient (Wildman–Crippen LogP) is 5.19. The highest BCUT2D eigenvalue weighted by Gasteiger charge is 2.15. The predicted molar refractivity (Wildman–Crippen MR) is 81.1 cm³/mol. The van der Waals surface area contributed by atoms with Gasteiger partial charge in [0.1, 0.15) is 5.15 Å². The van der Waals surface area contributed by atoms with E-state index < -0.39 is 0 Å². The first-order valence-electron chi connectivity index (χ1n) is 6.20. The van der Waals surface area contributed by atoms with Crippen molar-refractivity contribution in [3.8, 4) is 11.4 Å². The number of halogens is 2. The van der Waals surface area contributed by atoms with Crippen LogP contribution in [0.15, 0.2) is 18.2 Å². The van der Waals surface area contributed by atoms with E-state index in [4.69, 9.17) is 23.2 Å². The van der Waals surface area contributed by atoms with Gasteiger partial charge in [-0.3, -0.25) is 0 Å². The molecule has 1 aromatic heterocycles. The zero-order chi connectivity index (χ0) is 14.2. The third kappa shape index (κ3) is 2.90. The number of benzene rings is 1. The van der Waals surface area contributed by atoms with Crippen LogP contribution in [0.1, 0.15) is 36.6 Å². The molecule has 19 heavy (non-hydrogen) atoms. The van der Waals surface area contributed by atoms with Crippen LogP contribution in [0.3, 0.4) is 0 Å². The van der Waals surface area contributed by atoms with Crippen molar-refractivity contribution in [2.24, 2.45) is 0 Å². The lowest BCUT2D eigenvalue weighted by Crippen LogP contribution is -2.02. The Morgan fingerprint density at radius 2 is 1.74 bits per heavy atom. The molecule has 0 spiro atoms. The van der Waals surface area contributed by atoms with Crippen LogP contribution in [-0.2, 0) is 0 Å². The minimum atomic E-state index is 0.313. The summed E-state index contributed by atoms with van der Waals surface area (Å²) in [6, 6.07) is 5.67. The van der Waals surface area contributed by atoms with Gasteiger partial charge in [0.25, 0.3) is 0 Å². The molecule has 0 aliphatic rings. The monoisotopic (exact) mass is 294 g/mol. The van der Waals surface area contributed by atoms with Gasteiger partial charge in [0.2, 0.25) is 0 Å². The minimum absolute atomic E-state index is 0.313. The summed E-state index contributed by atoms with van der Waals surface area (Å²) in [5, 5.41) is 1.25. The Balaban J connectivity index is 2.58. The number of aryl methyl sites for hydroxylation is 2. The van der Waals surface area contributed by atoms with Gasteiger partial charge in [-0.1, -0.05) is 37.0 Å². The van der Waals surface area contributed by atoms with Gasteiger partial charge in [0, 0.05) is 21.8 Å². The van der Waals surface area contributed by atoms with E-state index >= 15 is 0 Å². The van der Waals surface area contributed by atoms with Gasteiger partial charge >= 0.3 is 0 Å². The molecular weight excluding hydrogens is 279 g/mol. The Kier molecular flexibility index (Phi) is 4.12. The Bertz CT molecular complexity index is 599. The molecule has 0 aliphatic heterocycles. The molecule has 2 rings (SSSR count). The highest BCUT2D eigenvalue weighted by molar-refractivity contribution is 6.31. The Labute approximate surface area is 123 Å². The zero-order valence-corrected chi connectivity index (χ0v) is 13.0. The van der Waals surface area contributed by atoms with E-state index in [0.717, 1.165) is 22.4 Å². The molecule has 0 saturated carbocycles. The quantitative estimate of drug-likeness (QED) is 0.712. The maximum Gasteiger partial charge on any atom is 0.161 e. The molecule has 0 unspecified atom stereocenters. The van der Waals surface area contributed by atoms with Crippen molar-refractivity contribution < 1.29 is 0 Å². The minimum Gasteiger partial charge on any atom is -0.233 e. The summed E-state index contributed by atoms with van der Waals surface area (Å²) in [5.74, 6) is 0.967. The zero-order valence-electron chi connectivity index (χ0n) is 11.5. The van der Waals surface area contributed by atoms with Crippen LogP contribution < -0.4 is 0 Å². The molecule has 1 aromatic carbocycles. The van der Waals surface area contributed by atoms with Crippen molar-refractivity contribution in [3.05, 3.63) is 45.2 Å². The second kappa shape index (κ2) is 5.48. The fourth-order valence-electron chi connectivity index (χ4n) is 2.20. The molecule has 1 heterocycles. The smallest absolute Gasteiger partial charge is 0.161 e. The first-order chi connectivity index (χ1) is 8.90. The normalized spacial score (nSPS) is 11.1. The molecule has 0 fully saturated rings. The molecular formula is C15H16Cl2N2. The summed E-state index contributed by atoms with van der Waals surface area (Å²) in [6.45, 7) is 8.14. The summed E-state index contributed by atoms with van der Waals surface area (Å²) >= 11 is 12.3. The highest BCUT2D eigenvalue weighted by atomic mass is 35.5. The van der Waals surface area contributed by atoms with Crippen LogP contribution in [0, 0.1) is 13.8 Å². The lowest BCUT2D eigenvalue weighted by Gasteiger charge is -2.13. The van der Waals surface area contributed by atoms with E-state index in [-0.39, 0.29) is 0 Å². The van der Waals surface area contributed by atoms with Crippen molar-refractivity contribution in [3.63, 3.8) is 0 Å². The molecule has 0 atom stereocenters. The summed E-state index contributed by atoms with van der Waals surface area (Å²) in [6.07, 6.45) is 0. The van der Waals surface area contributed by atoms with Crippen LogP contribution in [0.4, 0.5) is 0 Å². The third-order valence-corrected chi connectivity index (χ3v) is 3.62. The average molecular weight is 295 g/mol. The molecule has 0 aliphatic carbocycles. The number of hydrogen-bond acceptors (Lipinski definition) is 2. The number of rotatable bonds is 2. The van der Waals surface area contributed by atoms with Gasteiger partial charge in [-0.25, -0.2) is 9.97 Å². The molecule has 0 radical (unpaired) electrons. The number of hydrogen-bond donors (Lipinski definition) is 0. The van der Waals surface area contributed by atoms with Gasteiger partial charge in [-0.2, -0.15) is 0 Å². The Morgan fingerprint density at radius 3 is 2.26 bits per heavy atom. The topological polar surface area (TPSA) is 25.8 Å². The van der Waals surface area contributed by atoms with Gasteiger partial charge < -0.3 is 0 Å². The molecule has 0 N–H and O–H groups in total. The lowest BCUT2D eigenvalue weighted by atomic mass is 10.0. The van der Waals surface area contributed by atoms with E-state index in [1.165, 1.54) is 0 Å². The fourth-order valence-corrected chi connectivity index (χ4v) is 2.86. The molecule has 2 nitrogen and oxygen atoms in total. The van der Waals surface area contributed by atoms with Gasteiger partial charge in [-0.05, 0) is 43.5 Å². The SMILES string of the molecule is Cc1cc(Cl)ccc1-c1nc(C)c(C(C)C)c(Cl)n1. The van der Waals surface area contributed by atoms with Crippen molar-refractivity contribution in [2.75, 3.05) is 0 Å². The number of aromatic nitrogens is 2. The van der Waals surface area contributed by atoms with Crippen LogP contribution in [0.2, 0.25) is 10.2 Å². The molecule has 4 heteroatoms. The lowest BCUT2D eigenvalue weighted by molar-refractivity contribution is 0.831. The van der Waals surface area contributed by atoms with Gasteiger partial charge in [0.15, 0.2) is 5.82 Å². The van der Waals surface area contributed by atoms with Crippen molar-refractivity contribution >= 4 is 23.2 Å². The van der Waals surface area contributed by atoms with Crippen molar-refractivity contribution in [1.82, 2.24) is 9.97 Å². The summed E-state index contributed by atoms with van der Waals surface area (Å²) in [4.78, 5) is 9.00. The molecule has 2 aromatic rings. The van der Waals surface area contributed by atoms with E-state index in [2.05, 4.69) is 23.8 Å². The fraction of sp³-hybridized carbons (Fsp3) is 0.333. The van der Waals surface area contributed by atoms with E-state index in [9.17, 15) is 0 Å². The molecule has 0 saturated heterocycles. The van der Waals surface area contributed by atoms with Crippen LogP contribution in [0.5, 0.6) is 0 Å². The average Bonchev–Trinajstić information content (AvgIpc) is 2.26. The molecule has 0 amide bonds. The van der Waals surface area contributed by atoms with Crippen LogP contribution in [0.25, 0.3) is 11.4 Å². The highest BCUT2D eigenvalue weighted by Crippen LogP contribution is 2.29. The maximum absolute atomic E-state index is 6.29. The summed E-state index contributed by atoms with van der Waals surface area (Å²) in [5.41, 5.74) is 3.95. The van der Waals surface area contributed by atoms with Gasteiger partial charge in [-0.15, -0.1) is 0 Å². The van der Waals surface area contributed by atoms with Crippen LogP contribution in [-0.4, -0.2) is 9.97 Å². The first-order valence-corrected chi connectivity index (χ1v) is 6.96. The second-order valence-electron chi connectivity index (χ2n) is 4.95. The van der Waals surface area contributed by atoms with Crippen molar-refractivity contribution in [2.45, 2.75) is 33.6 Å². The summed E-state index contributed by atoms with van der Waals surface area (Å²) < 4.78 is 0.